The zero-order valence-corrected chi connectivity index (χ0v) is 16.0. The number of carbonyl (C=O) groups is 2. The molecular formula is C18H26N6O4. The van der Waals surface area contributed by atoms with Crippen LogP contribution >= 0.6 is 0 Å². The summed E-state index contributed by atoms with van der Waals surface area (Å²) >= 11 is 0. The number of hydrogen-bond donors (Lipinski definition) is 1. The van der Waals surface area contributed by atoms with Crippen LogP contribution in [-0.4, -0.2) is 86.4 Å². The van der Waals surface area contributed by atoms with Crippen molar-refractivity contribution in [3.63, 3.8) is 0 Å². The Morgan fingerprint density at radius 1 is 1.21 bits per heavy atom. The largest absolute Gasteiger partial charge is 0.483 e. The van der Waals surface area contributed by atoms with Gasteiger partial charge in [-0.05, 0) is 32.0 Å². The van der Waals surface area contributed by atoms with Gasteiger partial charge in [-0.25, -0.2) is 4.98 Å². The zero-order valence-electron chi connectivity index (χ0n) is 16.0. The number of aromatic nitrogens is 4. The second kappa shape index (κ2) is 11.7. The number of rotatable bonds is 6. The van der Waals surface area contributed by atoms with E-state index in [1.165, 1.54) is 0 Å². The Morgan fingerprint density at radius 2 is 1.96 bits per heavy atom. The molecule has 1 aliphatic rings. The van der Waals surface area contributed by atoms with Crippen molar-refractivity contribution in [3.05, 3.63) is 36.5 Å². The summed E-state index contributed by atoms with van der Waals surface area (Å²) in [7, 11) is 0. The molecule has 10 heteroatoms. The van der Waals surface area contributed by atoms with E-state index in [2.05, 4.69) is 20.1 Å². The van der Waals surface area contributed by atoms with Crippen molar-refractivity contribution >= 4 is 12.4 Å². The number of carbonyl (C=O) groups excluding carboxylic acids is 1. The van der Waals surface area contributed by atoms with Gasteiger partial charge in [0.15, 0.2) is 0 Å². The maximum absolute atomic E-state index is 12.9. The fourth-order valence-electron chi connectivity index (χ4n) is 2.97. The lowest BCUT2D eigenvalue weighted by Gasteiger charge is -2.22. The molecule has 0 unspecified atom stereocenters. The minimum absolute atomic E-state index is 0.00258. The molecule has 0 aliphatic carbocycles. The molecule has 1 N–H and O–H groups in total. The average molecular weight is 390 g/mol. The Bertz CT molecular complexity index is 725. The molecule has 1 amide bonds. The van der Waals surface area contributed by atoms with E-state index < -0.39 is 0 Å². The molecule has 10 nitrogen and oxygen atoms in total. The van der Waals surface area contributed by atoms with E-state index in [0.29, 0.717) is 24.6 Å². The quantitative estimate of drug-likeness (QED) is 0.714. The van der Waals surface area contributed by atoms with Gasteiger partial charge in [0.2, 0.25) is 5.88 Å². The minimum Gasteiger partial charge on any atom is -0.483 e. The molecule has 0 atom stereocenters. The van der Waals surface area contributed by atoms with Crippen LogP contribution in [0.3, 0.4) is 0 Å². The summed E-state index contributed by atoms with van der Waals surface area (Å²) in [5.41, 5.74) is 0.544. The second-order valence-electron chi connectivity index (χ2n) is 6.08. The van der Waals surface area contributed by atoms with Crippen molar-refractivity contribution in [1.29, 1.82) is 0 Å². The Labute approximate surface area is 163 Å². The van der Waals surface area contributed by atoms with Gasteiger partial charge < -0.3 is 19.3 Å². The average Bonchev–Trinajstić information content (AvgIpc) is 3.11. The molecule has 3 heterocycles. The number of nitrogens with zero attached hydrogens (tertiary/aromatic N) is 6. The van der Waals surface area contributed by atoms with Crippen molar-refractivity contribution in [2.45, 2.75) is 19.9 Å². The molecule has 2 aromatic heterocycles. The van der Waals surface area contributed by atoms with Crippen LogP contribution in [0, 0.1) is 0 Å². The van der Waals surface area contributed by atoms with Gasteiger partial charge in [-0.1, -0.05) is 0 Å². The predicted molar refractivity (Wildman–Crippen MR) is 101 cm³/mol. The van der Waals surface area contributed by atoms with Crippen LogP contribution in [0.4, 0.5) is 0 Å². The van der Waals surface area contributed by atoms with Crippen LogP contribution in [-0.2, 0) is 11.3 Å². The van der Waals surface area contributed by atoms with Gasteiger partial charge in [-0.3, -0.25) is 14.5 Å². The lowest BCUT2D eigenvalue weighted by atomic mass is 10.2. The van der Waals surface area contributed by atoms with E-state index in [4.69, 9.17) is 14.6 Å². The monoisotopic (exact) mass is 390 g/mol. The Hall–Kier alpha value is -3.01. The molecule has 1 aliphatic heterocycles. The van der Waals surface area contributed by atoms with Crippen molar-refractivity contribution < 1.29 is 19.4 Å². The fraction of sp³-hybridized carbons (Fsp3) is 0.500. The van der Waals surface area contributed by atoms with Gasteiger partial charge in [-0.2, -0.15) is 0 Å². The Balaban J connectivity index is 0.000000878. The van der Waals surface area contributed by atoms with E-state index >= 15 is 0 Å². The molecular weight excluding hydrogens is 364 g/mol. The number of hydrogen-bond acceptors (Lipinski definition) is 7. The standard InChI is InChI=1S/C17H24N6O2.CH2O2/c1-2-25-16-15(5-3-6-18-16)17(24)23-8-4-7-21(11-12-23)9-10-22-13-19-20-14-22;2-1-3/h3,5-6,13-14H,2,4,7-12H2,1H3;1H,(H,2,3). The molecule has 2 aromatic rings. The van der Waals surface area contributed by atoms with E-state index in [1.807, 2.05) is 16.4 Å². The van der Waals surface area contributed by atoms with Gasteiger partial charge >= 0.3 is 0 Å². The van der Waals surface area contributed by atoms with Crippen molar-refractivity contribution in [2.24, 2.45) is 0 Å². The van der Waals surface area contributed by atoms with E-state index in [0.717, 1.165) is 39.1 Å². The minimum atomic E-state index is -0.250. The summed E-state index contributed by atoms with van der Waals surface area (Å²) in [6.45, 7) is 7.23. The van der Waals surface area contributed by atoms with Crippen molar-refractivity contribution in [2.75, 3.05) is 39.3 Å². The molecule has 0 radical (unpaired) electrons. The van der Waals surface area contributed by atoms with Crippen molar-refractivity contribution in [1.82, 2.24) is 29.5 Å². The summed E-state index contributed by atoms with van der Waals surface area (Å²) in [4.78, 5) is 29.7. The predicted octanol–water partition coefficient (Wildman–Crippen LogP) is 0.621. The summed E-state index contributed by atoms with van der Waals surface area (Å²) in [6.07, 6.45) is 6.06. The third kappa shape index (κ3) is 6.31. The highest BCUT2D eigenvalue weighted by atomic mass is 16.5. The molecule has 0 aromatic carbocycles. The van der Waals surface area contributed by atoms with Crippen LogP contribution in [0.25, 0.3) is 0 Å². The van der Waals surface area contributed by atoms with E-state index in [9.17, 15) is 4.79 Å². The van der Waals surface area contributed by atoms with Crippen molar-refractivity contribution in [3.8, 4) is 5.88 Å². The topological polar surface area (TPSA) is 114 Å². The third-order valence-electron chi connectivity index (χ3n) is 4.30. The molecule has 0 saturated carbocycles. The first-order valence-corrected chi connectivity index (χ1v) is 9.19. The van der Waals surface area contributed by atoms with Crippen LogP contribution in [0.15, 0.2) is 31.0 Å². The Morgan fingerprint density at radius 3 is 2.68 bits per heavy atom. The van der Waals surface area contributed by atoms with Crippen LogP contribution in [0.2, 0.25) is 0 Å². The number of carboxylic acid groups (broad SMARTS) is 1. The third-order valence-corrected chi connectivity index (χ3v) is 4.30. The summed E-state index contributed by atoms with van der Waals surface area (Å²) in [5.74, 6) is 0.418. The highest BCUT2D eigenvalue weighted by Crippen LogP contribution is 2.18. The van der Waals surface area contributed by atoms with Gasteiger partial charge in [0.25, 0.3) is 12.4 Å². The van der Waals surface area contributed by atoms with Crippen LogP contribution in [0.5, 0.6) is 5.88 Å². The van der Waals surface area contributed by atoms with Crippen LogP contribution in [0.1, 0.15) is 23.7 Å². The molecule has 0 spiro atoms. The maximum Gasteiger partial charge on any atom is 0.290 e. The van der Waals surface area contributed by atoms with E-state index in [-0.39, 0.29) is 12.4 Å². The van der Waals surface area contributed by atoms with Gasteiger partial charge in [0, 0.05) is 38.9 Å². The normalized spacial score (nSPS) is 14.5. The lowest BCUT2D eigenvalue weighted by Crippen LogP contribution is -2.36. The highest BCUT2D eigenvalue weighted by Gasteiger charge is 2.23. The fourth-order valence-corrected chi connectivity index (χ4v) is 2.97. The molecule has 1 saturated heterocycles. The number of amides is 1. The maximum atomic E-state index is 12.9. The highest BCUT2D eigenvalue weighted by molar-refractivity contribution is 5.96. The molecule has 3 rings (SSSR count). The van der Waals surface area contributed by atoms with Gasteiger partial charge in [0.1, 0.15) is 18.2 Å². The molecule has 1 fully saturated rings. The molecule has 0 bridgehead atoms. The smallest absolute Gasteiger partial charge is 0.290 e. The zero-order chi connectivity index (χ0) is 20.2. The molecule has 28 heavy (non-hydrogen) atoms. The van der Waals surface area contributed by atoms with Gasteiger partial charge in [0.05, 0.1) is 6.61 Å². The van der Waals surface area contributed by atoms with Gasteiger partial charge in [-0.15, -0.1) is 10.2 Å². The number of pyridine rings is 1. The summed E-state index contributed by atoms with van der Waals surface area (Å²) < 4.78 is 7.47. The second-order valence-corrected chi connectivity index (χ2v) is 6.08. The lowest BCUT2D eigenvalue weighted by molar-refractivity contribution is -0.122. The van der Waals surface area contributed by atoms with E-state index in [1.54, 1.807) is 31.0 Å². The first kappa shape index (κ1) is 21.3. The SMILES string of the molecule is CCOc1ncccc1C(=O)N1CCCN(CCn2cnnc2)CC1.O=CO. The first-order valence-electron chi connectivity index (χ1n) is 9.19. The summed E-state index contributed by atoms with van der Waals surface area (Å²) in [5, 5.41) is 14.5. The molecule has 152 valence electrons. The summed E-state index contributed by atoms with van der Waals surface area (Å²) in [6, 6.07) is 3.56. The first-order chi connectivity index (χ1) is 13.7. The number of ether oxygens (including phenoxy) is 1. The van der Waals surface area contributed by atoms with Crippen LogP contribution < -0.4 is 4.74 Å². The Kier molecular flexibility index (Phi) is 8.86.